The molecule has 0 aromatic rings. The van der Waals surface area contributed by atoms with Crippen LogP contribution in [0.4, 0.5) is 0 Å². The molecule has 0 aromatic carbocycles. The number of carboxylic acids is 1. The molecule has 3 N–H and O–H groups in total. The maximum atomic E-state index is 10.8. The third-order valence-corrected chi connectivity index (χ3v) is 2.40. The molecule has 4 heteroatoms. The summed E-state index contributed by atoms with van der Waals surface area (Å²) in [6, 6.07) is 0. The van der Waals surface area contributed by atoms with Gasteiger partial charge in [0.05, 0.1) is 0 Å². The van der Waals surface area contributed by atoms with Crippen molar-refractivity contribution in [1.29, 1.82) is 0 Å². The number of fused-ring (bicyclic) bond motifs is 1. The van der Waals surface area contributed by atoms with Crippen LogP contribution in [0, 0.1) is 0 Å². The van der Waals surface area contributed by atoms with Crippen molar-refractivity contribution in [2.45, 2.75) is 6.42 Å². The molecule has 0 atom stereocenters. The van der Waals surface area contributed by atoms with Crippen LogP contribution in [0.25, 0.3) is 0 Å². The second-order valence-corrected chi connectivity index (χ2v) is 3.20. The van der Waals surface area contributed by atoms with E-state index < -0.39 is 5.97 Å². The topological polar surface area (TPSA) is 61.4 Å². The molecule has 0 amide bonds. The first-order valence-corrected chi connectivity index (χ1v) is 4.39. The molecule has 2 rings (SSSR count). The summed E-state index contributed by atoms with van der Waals surface area (Å²) in [5.41, 5.74) is 2.50. The average molecular weight is 180 g/mol. The van der Waals surface area contributed by atoms with E-state index in [1.165, 1.54) is 0 Å². The fraction of sp³-hybridized carbons (Fsp3) is 0.444. The molecule has 0 radical (unpaired) electrons. The van der Waals surface area contributed by atoms with Gasteiger partial charge in [-0.2, -0.15) is 0 Å². The molecule has 1 saturated heterocycles. The van der Waals surface area contributed by atoms with E-state index in [2.05, 4.69) is 10.6 Å². The van der Waals surface area contributed by atoms with Gasteiger partial charge in [-0.3, -0.25) is 0 Å². The van der Waals surface area contributed by atoms with Crippen LogP contribution in [0.3, 0.4) is 0 Å². The van der Waals surface area contributed by atoms with Gasteiger partial charge in [-0.15, -0.1) is 0 Å². The summed E-state index contributed by atoms with van der Waals surface area (Å²) in [6.07, 6.45) is 2.86. The van der Waals surface area contributed by atoms with Crippen molar-refractivity contribution in [3.63, 3.8) is 0 Å². The normalized spacial score (nSPS) is 21.7. The first kappa shape index (κ1) is 8.31. The largest absolute Gasteiger partial charge is 0.477 e. The van der Waals surface area contributed by atoms with Crippen molar-refractivity contribution >= 4 is 5.97 Å². The Morgan fingerprint density at radius 2 is 2.38 bits per heavy atom. The quantitative estimate of drug-likeness (QED) is 0.525. The lowest BCUT2D eigenvalue weighted by atomic mass is 9.94. The molecule has 70 valence electrons. The smallest absolute Gasteiger partial charge is 0.352 e. The van der Waals surface area contributed by atoms with Gasteiger partial charge in [0, 0.05) is 13.1 Å². The Morgan fingerprint density at radius 1 is 1.54 bits per heavy atom. The van der Waals surface area contributed by atoms with E-state index in [1.807, 2.05) is 6.08 Å². The molecule has 4 nitrogen and oxygen atoms in total. The van der Waals surface area contributed by atoms with Crippen LogP contribution in [-0.2, 0) is 4.79 Å². The molecule has 0 bridgehead atoms. The summed E-state index contributed by atoms with van der Waals surface area (Å²) >= 11 is 0. The van der Waals surface area contributed by atoms with Gasteiger partial charge >= 0.3 is 5.97 Å². The van der Waals surface area contributed by atoms with Crippen LogP contribution in [0.1, 0.15) is 6.42 Å². The molecule has 0 saturated carbocycles. The number of aliphatic carboxylic acids is 1. The van der Waals surface area contributed by atoms with Crippen LogP contribution in [-0.4, -0.2) is 30.7 Å². The van der Waals surface area contributed by atoms with E-state index in [9.17, 15) is 4.79 Å². The number of piperidine rings is 1. The van der Waals surface area contributed by atoms with E-state index in [-0.39, 0.29) is 0 Å². The lowest BCUT2D eigenvalue weighted by Gasteiger charge is -2.25. The van der Waals surface area contributed by atoms with E-state index in [0.29, 0.717) is 12.2 Å². The molecule has 0 aliphatic carbocycles. The van der Waals surface area contributed by atoms with Crippen LogP contribution in [0.2, 0.25) is 0 Å². The first-order valence-electron chi connectivity index (χ1n) is 4.39. The maximum absolute atomic E-state index is 10.8. The van der Waals surface area contributed by atoms with Crippen LogP contribution in [0.5, 0.6) is 0 Å². The van der Waals surface area contributed by atoms with Crippen molar-refractivity contribution in [2.24, 2.45) is 0 Å². The minimum atomic E-state index is -0.845. The minimum Gasteiger partial charge on any atom is -0.477 e. The lowest BCUT2D eigenvalue weighted by molar-refractivity contribution is -0.133. The zero-order valence-electron chi connectivity index (χ0n) is 7.26. The van der Waals surface area contributed by atoms with Crippen molar-refractivity contribution in [2.75, 3.05) is 19.6 Å². The highest BCUT2D eigenvalue weighted by atomic mass is 16.4. The van der Waals surface area contributed by atoms with E-state index in [4.69, 9.17) is 5.11 Å². The summed E-state index contributed by atoms with van der Waals surface area (Å²) in [6.45, 7) is 2.29. The Morgan fingerprint density at radius 3 is 3.15 bits per heavy atom. The van der Waals surface area contributed by atoms with Gasteiger partial charge in [0.25, 0.3) is 0 Å². The van der Waals surface area contributed by atoms with Gasteiger partial charge in [0.1, 0.15) is 5.70 Å². The van der Waals surface area contributed by atoms with Crippen LogP contribution < -0.4 is 10.6 Å². The van der Waals surface area contributed by atoms with Gasteiger partial charge in [0.2, 0.25) is 0 Å². The number of hydrogen-bond acceptors (Lipinski definition) is 3. The predicted octanol–water partition coefficient (Wildman–Crippen LogP) is -0.152. The Kier molecular flexibility index (Phi) is 2.06. The zero-order valence-corrected chi connectivity index (χ0v) is 7.26. The molecular formula is C9H12N2O2. The molecule has 13 heavy (non-hydrogen) atoms. The molecule has 0 aromatic heterocycles. The predicted molar refractivity (Wildman–Crippen MR) is 48.2 cm³/mol. The van der Waals surface area contributed by atoms with E-state index in [1.54, 1.807) is 0 Å². The van der Waals surface area contributed by atoms with Crippen LogP contribution in [0.15, 0.2) is 22.9 Å². The van der Waals surface area contributed by atoms with Crippen LogP contribution >= 0.6 is 0 Å². The Hall–Kier alpha value is -1.29. The number of dihydropyridines is 1. The van der Waals surface area contributed by atoms with Gasteiger partial charge in [-0.25, -0.2) is 4.79 Å². The minimum absolute atomic E-state index is 0.388. The van der Waals surface area contributed by atoms with Crippen molar-refractivity contribution < 1.29 is 9.90 Å². The molecule has 2 heterocycles. The fourth-order valence-electron chi connectivity index (χ4n) is 1.77. The number of hydrogen-bond donors (Lipinski definition) is 3. The van der Waals surface area contributed by atoms with Crippen molar-refractivity contribution in [3.05, 3.63) is 22.9 Å². The standard InChI is InChI=1S/C9H12N2O2/c12-9(13)8-7-2-3-10-5-6(7)1-4-11-8/h1,10-11H,2-5H2,(H,12,13). The summed E-state index contributed by atoms with van der Waals surface area (Å²) < 4.78 is 0. The number of carboxylic acid groups (broad SMARTS) is 1. The third kappa shape index (κ3) is 1.45. The Labute approximate surface area is 76.3 Å². The molecule has 1 fully saturated rings. The molecule has 2 aliphatic rings. The van der Waals surface area contributed by atoms with Gasteiger partial charge < -0.3 is 15.7 Å². The summed E-state index contributed by atoms with van der Waals surface area (Å²) in [5.74, 6) is -0.845. The highest BCUT2D eigenvalue weighted by Gasteiger charge is 2.22. The molecule has 2 aliphatic heterocycles. The lowest BCUT2D eigenvalue weighted by Crippen LogP contribution is -2.34. The second kappa shape index (κ2) is 3.22. The maximum Gasteiger partial charge on any atom is 0.352 e. The molecular weight excluding hydrogens is 168 g/mol. The Balaban J connectivity index is 2.36. The number of carbonyl (C=O) groups is 1. The average Bonchev–Trinajstić information content (AvgIpc) is 2.17. The monoisotopic (exact) mass is 180 g/mol. The highest BCUT2D eigenvalue weighted by molar-refractivity contribution is 5.88. The second-order valence-electron chi connectivity index (χ2n) is 3.20. The number of nitrogens with one attached hydrogen (secondary N) is 2. The van der Waals surface area contributed by atoms with Gasteiger partial charge in [0.15, 0.2) is 0 Å². The Bertz CT molecular complexity index is 305. The summed E-state index contributed by atoms with van der Waals surface area (Å²) in [4.78, 5) is 10.8. The number of rotatable bonds is 1. The molecule has 0 unspecified atom stereocenters. The third-order valence-electron chi connectivity index (χ3n) is 2.40. The summed E-state index contributed by atoms with van der Waals surface area (Å²) in [5, 5.41) is 15.0. The fourth-order valence-corrected chi connectivity index (χ4v) is 1.77. The zero-order chi connectivity index (χ0) is 9.26. The van der Waals surface area contributed by atoms with Crippen molar-refractivity contribution in [1.82, 2.24) is 10.6 Å². The van der Waals surface area contributed by atoms with E-state index >= 15 is 0 Å². The highest BCUT2D eigenvalue weighted by Crippen LogP contribution is 2.22. The molecule has 0 spiro atoms. The summed E-state index contributed by atoms with van der Waals surface area (Å²) in [7, 11) is 0. The van der Waals surface area contributed by atoms with E-state index in [0.717, 1.165) is 30.7 Å². The SMILES string of the molecule is O=C(O)C1=C2CCNCC2=CCN1. The first-order chi connectivity index (χ1) is 6.29. The van der Waals surface area contributed by atoms with Gasteiger partial charge in [-0.1, -0.05) is 6.08 Å². The van der Waals surface area contributed by atoms with Gasteiger partial charge in [-0.05, 0) is 24.1 Å². The van der Waals surface area contributed by atoms with Crippen molar-refractivity contribution in [3.8, 4) is 0 Å².